The largest absolute Gasteiger partial charge is 0.340 e. The highest BCUT2D eigenvalue weighted by molar-refractivity contribution is 7.80. The first kappa shape index (κ1) is 22.0. The fraction of sp³-hybridized carbons (Fsp3) is 0.120. The maximum absolute atomic E-state index is 14.1. The van der Waals surface area contributed by atoms with Gasteiger partial charge in [-0.15, -0.1) is 0 Å². The Bertz CT molecular complexity index is 1120. The van der Waals surface area contributed by atoms with Gasteiger partial charge in [0, 0.05) is 35.9 Å². The van der Waals surface area contributed by atoms with Crippen molar-refractivity contribution in [3.05, 3.63) is 119 Å². The van der Waals surface area contributed by atoms with Crippen molar-refractivity contribution in [2.45, 2.75) is 19.6 Å². The number of nitrogens with one attached hydrogen (secondary N) is 1. The first-order valence-corrected chi connectivity index (χ1v) is 11.0. The van der Waals surface area contributed by atoms with Crippen molar-refractivity contribution in [3.63, 3.8) is 0 Å². The molecule has 0 aliphatic heterocycles. The highest BCUT2D eigenvalue weighted by Gasteiger charge is 2.14. The zero-order valence-electron chi connectivity index (χ0n) is 17.3. The maximum Gasteiger partial charge on any atom is 0.175 e. The number of nitrogens with zero attached hydrogens (tertiary/aromatic N) is 3. The molecule has 4 aromatic rings. The zero-order valence-corrected chi connectivity index (χ0v) is 18.9. The SMILES string of the molecule is Fc1cccc(Cl)c1Cn1ccc(NC(=S)N(Cc2ccccc2)Cc2ccccc2)n1. The summed E-state index contributed by atoms with van der Waals surface area (Å²) in [5.41, 5.74) is 2.72. The van der Waals surface area contributed by atoms with Crippen LogP contribution < -0.4 is 5.32 Å². The van der Waals surface area contributed by atoms with Crippen LogP contribution in [0.2, 0.25) is 5.02 Å². The van der Waals surface area contributed by atoms with E-state index in [9.17, 15) is 4.39 Å². The lowest BCUT2D eigenvalue weighted by molar-refractivity contribution is 0.412. The molecule has 0 unspecified atom stereocenters. The summed E-state index contributed by atoms with van der Waals surface area (Å²) in [7, 11) is 0. The van der Waals surface area contributed by atoms with E-state index in [1.54, 1.807) is 23.0 Å². The van der Waals surface area contributed by atoms with Gasteiger partial charge in [0.15, 0.2) is 10.9 Å². The summed E-state index contributed by atoms with van der Waals surface area (Å²) in [5, 5.41) is 8.65. The van der Waals surface area contributed by atoms with E-state index in [1.807, 2.05) is 42.5 Å². The molecule has 0 bridgehead atoms. The molecule has 32 heavy (non-hydrogen) atoms. The second kappa shape index (κ2) is 10.4. The van der Waals surface area contributed by atoms with Gasteiger partial charge in [-0.25, -0.2) is 4.39 Å². The minimum atomic E-state index is -0.352. The molecule has 0 radical (unpaired) electrons. The summed E-state index contributed by atoms with van der Waals surface area (Å²) >= 11 is 11.9. The molecule has 0 saturated heterocycles. The molecular weight excluding hydrogens is 443 g/mol. The van der Waals surface area contributed by atoms with Crippen LogP contribution in [0.3, 0.4) is 0 Å². The highest BCUT2D eigenvalue weighted by Crippen LogP contribution is 2.20. The summed E-state index contributed by atoms with van der Waals surface area (Å²) in [6.07, 6.45) is 1.77. The zero-order chi connectivity index (χ0) is 22.3. The first-order valence-electron chi connectivity index (χ1n) is 10.2. The highest BCUT2D eigenvalue weighted by atomic mass is 35.5. The molecule has 0 atom stereocenters. The third-order valence-electron chi connectivity index (χ3n) is 4.98. The van der Waals surface area contributed by atoms with Crippen LogP contribution in [0.4, 0.5) is 10.2 Å². The van der Waals surface area contributed by atoms with Gasteiger partial charge >= 0.3 is 0 Å². The van der Waals surface area contributed by atoms with Crippen molar-refractivity contribution >= 4 is 34.7 Å². The Morgan fingerprint density at radius 2 is 1.53 bits per heavy atom. The third-order valence-corrected chi connectivity index (χ3v) is 5.69. The maximum atomic E-state index is 14.1. The molecule has 4 nitrogen and oxygen atoms in total. The number of rotatable bonds is 7. The molecule has 0 saturated carbocycles. The molecule has 4 rings (SSSR count). The Kier molecular flexibility index (Phi) is 7.14. The van der Waals surface area contributed by atoms with Crippen molar-refractivity contribution < 1.29 is 4.39 Å². The van der Waals surface area contributed by atoms with Gasteiger partial charge in [0.25, 0.3) is 0 Å². The van der Waals surface area contributed by atoms with Crippen LogP contribution in [0.25, 0.3) is 0 Å². The fourth-order valence-electron chi connectivity index (χ4n) is 3.36. The van der Waals surface area contributed by atoms with E-state index in [1.165, 1.54) is 6.07 Å². The van der Waals surface area contributed by atoms with Gasteiger partial charge in [-0.1, -0.05) is 78.3 Å². The number of hydrogen-bond acceptors (Lipinski definition) is 2. The lowest BCUT2D eigenvalue weighted by Gasteiger charge is -2.25. The fourth-order valence-corrected chi connectivity index (χ4v) is 3.81. The van der Waals surface area contributed by atoms with Gasteiger partial charge in [0.05, 0.1) is 6.54 Å². The van der Waals surface area contributed by atoms with E-state index >= 15 is 0 Å². The second-order valence-corrected chi connectivity index (χ2v) is 8.15. The Hall–Kier alpha value is -3.22. The van der Waals surface area contributed by atoms with E-state index in [0.717, 1.165) is 11.1 Å². The van der Waals surface area contributed by atoms with Crippen LogP contribution in [0.5, 0.6) is 0 Å². The number of thiocarbonyl (C=S) groups is 1. The number of anilines is 1. The quantitative estimate of drug-likeness (QED) is 0.334. The smallest absolute Gasteiger partial charge is 0.175 e. The van der Waals surface area contributed by atoms with Crippen molar-refractivity contribution in [1.82, 2.24) is 14.7 Å². The molecule has 0 amide bonds. The Labute approximate surface area is 197 Å². The molecular formula is C25H22ClFN4S. The van der Waals surface area contributed by atoms with E-state index in [-0.39, 0.29) is 12.4 Å². The minimum Gasteiger partial charge on any atom is -0.340 e. The molecule has 0 fully saturated rings. The van der Waals surface area contributed by atoms with E-state index < -0.39 is 0 Å². The Balaban J connectivity index is 1.48. The summed E-state index contributed by atoms with van der Waals surface area (Å²) in [5.74, 6) is 0.239. The van der Waals surface area contributed by atoms with Crippen LogP contribution in [-0.2, 0) is 19.6 Å². The Morgan fingerprint density at radius 3 is 2.12 bits per heavy atom. The molecule has 0 spiro atoms. The average Bonchev–Trinajstić information content (AvgIpc) is 3.24. The normalized spacial score (nSPS) is 10.7. The molecule has 1 N–H and O–H groups in total. The predicted molar refractivity (Wildman–Crippen MR) is 131 cm³/mol. The van der Waals surface area contributed by atoms with E-state index in [0.29, 0.717) is 34.6 Å². The monoisotopic (exact) mass is 464 g/mol. The number of aromatic nitrogens is 2. The summed E-state index contributed by atoms with van der Waals surface area (Å²) < 4.78 is 15.7. The third kappa shape index (κ3) is 5.72. The van der Waals surface area contributed by atoms with Gasteiger partial charge in [-0.3, -0.25) is 4.68 Å². The molecule has 162 valence electrons. The standard InChI is InChI=1S/C25H22ClFN4S/c26-22-12-7-13-23(27)21(22)18-31-15-14-24(29-31)28-25(32)30(16-19-8-3-1-4-9-19)17-20-10-5-2-6-11-20/h1-15H,16-18H2,(H,28,29,32). The van der Waals surface area contributed by atoms with Crippen LogP contribution in [0, 0.1) is 5.82 Å². The number of benzene rings is 3. The predicted octanol–water partition coefficient (Wildman–Crippen LogP) is 6.12. The molecule has 0 aliphatic rings. The molecule has 7 heteroatoms. The molecule has 1 heterocycles. The van der Waals surface area contributed by atoms with Gasteiger partial charge in [0.1, 0.15) is 5.82 Å². The molecule has 1 aromatic heterocycles. The Morgan fingerprint density at radius 1 is 0.906 bits per heavy atom. The topological polar surface area (TPSA) is 33.1 Å². The lowest BCUT2D eigenvalue weighted by Crippen LogP contribution is -2.34. The van der Waals surface area contributed by atoms with Crippen molar-refractivity contribution in [1.29, 1.82) is 0 Å². The van der Waals surface area contributed by atoms with E-state index in [4.69, 9.17) is 23.8 Å². The van der Waals surface area contributed by atoms with Gasteiger partial charge in [0.2, 0.25) is 0 Å². The van der Waals surface area contributed by atoms with Gasteiger partial charge < -0.3 is 10.2 Å². The van der Waals surface area contributed by atoms with Gasteiger partial charge in [-0.05, 0) is 35.5 Å². The summed E-state index contributed by atoms with van der Waals surface area (Å²) in [6.45, 7) is 1.55. The number of halogens is 2. The van der Waals surface area contributed by atoms with Crippen LogP contribution in [0.1, 0.15) is 16.7 Å². The molecule has 3 aromatic carbocycles. The number of hydrogen-bond donors (Lipinski definition) is 1. The lowest BCUT2D eigenvalue weighted by atomic mass is 10.2. The van der Waals surface area contributed by atoms with Gasteiger partial charge in [-0.2, -0.15) is 5.10 Å². The van der Waals surface area contributed by atoms with Crippen molar-refractivity contribution in [2.24, 2.45) is 0 Å². The van der Waals surface area contributed by atoms with Crippen molar-refractivity contribution in [2.75, 3.05) is 5.32 Å². The molecule has 0 aliphatic carbocycles. The first-order chi connectivity index (χ1) is 15.6. The summed E-state index contributed by atoms with van der Waals surface area (Å²) in [4.78, 5) is 2.09. The minimum absolute atomic E-state index is 0.234. The van der Waals surface area contributed by atoms with Crippen molar-refractivity contribution in [3.8, 4) is 0 Å². The second-order valence-electron chi connectivity index (χ2n) is 7.36. The van der Waals surface area contributed by atoms with E-state index in [2.05, 4.69) is 39.6 Å². The summed E-state index contributed by atoms with van der Waals surface area (Å²) in [6, 6.07) is 26.8. The van der Waals surface area contributed by atoms with Crippen LogP contribution >= 0.6 is 23.8 Å². The van der Waals surface area contributed by atoms with Crippen LogP contribution in [-0.4, -0.2) is 19.8 Å². The van der Waals surface area contributed by atoms with Crippen LogP contribution in [0.15, 0.2) is 91.1 Å². The average molecular weight is 465 g/mol.